The average molecular weight is 555 g/mol. The van der Waals surface area contributed by atoms with E-state index in [1.807, 2.05) is 70.6 Å². The number of thiazole rings is 1. The molecule has 3 aromatic carbocycles. The van der Waals surface area contributed by atoms with E-state index in [4.69, 9.17) is 16.6 Å². The minimum absolute atomic E-state index is 0.244. The number of benzene rings is 3. The van der Waals surface area contributed by atoms with E-state index in [0.29, 0.717) is 11.4 Å². The highest BCUT2D eigenvalue weighted by atomic mass is 35.5. The maximum Gasteiger partial charge on any atom is 0.418 e. The second kappa shape index (κ2) is 10.9. The SMILES string of the molecule is O=C(Nc1ccccc1C(F)(F)F)N(CCc1csc2nc(-c3ccc(Cl)cc3)cn12)Cc1ccccc1. The first-order chi connectivity index (χ1) is 18.3. The highest BCUT2D eigenvalue weighted by Crippen LogP contribution is 2.34. The first kappa shape index (κ1) is 25.8. The predicted molar refractivity (Wildman–Crippen MR) is 145 cm³/mol. The molecule has 0 atom stereocenters. The number of rotatable bonds is 7. The summed E-state index contributed by atoms with van der Waals surface area (Å²) in [5.41, 5.74) is 2.39. The van der Waals surface area contributed by atoms with Gasteiger partial charge in [0.25, 0.3) is 0 Å². The maximum atomic E-state index is 13.5. The minimum atomic E-state index is -4.58. The molecule has 5 rings (SSSR count). The zero-order chi connectivity index (χ0) is 26.7. The van der Waals surface area contributed by atoms with Crippen LogP contribution < -0.4 is 5.32 Å². The van der Waals surface area contributed by atoms with Gasteiger partial charge >= 0.3 is 12.2 Å². The smallest absolute Gasteiger partial charge is 0.320 e. The van der Waals surface area contributed by atoms with E-state index < -0.39 is 17.8 Å². The number of halogens is 4. The quantitative estimate of drug-likeness (QED) is 0.221. The Kier molecular flexibility index (Phi) is 7.40. The molecular formula is C28H22ClF3N4OS. The Morgan fingerprint density at radius 1 is 1.00 bits per heavy atom. The molecular weight excluding hydrogens is 533 g/mol. The summed E-state index contributed by atoms with van der Waals surface area (Å²) >= 11 is 7.49. The van der Waals surface area contributed by atoms with Crippen LogP contribution in [0.3, 0.4) is 0 Å². The molecule has 0 aliphatic heterocycles. The topological polar surface area (TPSA) is 49.6 Å². The van der Waals surface area contributed by atoms with Crippen molar-refractivity contribution in [1.29, 1.82) is 0 Å². The lowest BCUT2D eigenvalue weighted by atomic mass is 10.1. The Morgan fingerprint density at radius 2 is 1.71 bits per heavy atom. The van der Waals surface area contributed by atoms with E-state index in [1.165, 1.54) is 34.4 Å². The number of alkyl halides is 3. The van der Waals surface area contributed by atoms with Gasteiger partial charge in [0, 0.05) is 47.4 Å². The number of urea groups is 1. The molecule has 0 spiro atoms. The number of imidazole rings is 1. The molecule has 0 aliphatic rings. The van der Waals surface area contributed by atoms with Crippen LogP contribution in [0.25, 0.3) is 16.2 Å². The summed E-state index contributed by atoms with van der Waals surface area (Å²) in [4.78, 5) is 20.3. The van der Waals surface area contributed by atoms with Crippen LogP contribution in [0.2, 0.25) is 5.02 Å². The largest absolute Gasteiger partial charge is 0.418 e. The van der Waals surface area contributed by atoms with Crippen molar-refractivity contribution < 1.29 is 18.0 Å². The van der Waals surface area contributed by atoms with Gasteiger partial charge in [-0.05, 0) is 29.8 Å². The van der Waals surface area contributed by atoms with Crippen molar-refractivity contribution >= 4 is 39.6 Å². The van der Waals surface area contributed by atoms with Crippen LogP contribution in [-0.2, 0) is 19.1 Å². The number of aromatic nitrogens is 2. The van der Waals surface area contributed by atoms with Crippen molar-refractivity contribution in [2.45, 2.75) is 19.1 Å². The molecule has 0 saturated carbocycles. The summed E-state index contributed by atoms with van der Waals surface area (Å²) in [5, 5.41) is 5.10. The van der Waals surface area contributed by atoms with Crippen LogP contribution in [-0.4, -0.2) is 26.9 Å². The number of fused-ring (bicyclic) bond motifs is 1. The Morgan fingerprint density at radius 3 is 2.45 bits per heavy atom. The third-order valence-corrected chi connectivity index (χ3v) is 7.18. The van der Waals surface area contributed by atoms with Gasteiger partial charge < -0.3 is 10.2 Å². The Bertz CT molecular complexity index is 1550. The Balaban J connectivity index is 1.37. The molecule has 5 aromatic rings. The zero-order valence-electron chi connectivity index (χ0n) is 20.0. The molecule has 5 nitrogen and oxygen atoms in total. The molecule has 1 N–H and O–H groups in total. The van der Waals surface area contributed by atoms with E-state index in [9.17, 15) is 18.0 Å². The third kappa shape index (κ3) is 5.84. The van der Waals surface area contributed by atoms with Crippen molar-refractivity contribution in [2.75, 3.05) is 11.9 Å². The molecule has 0 aliphatic carbocycles. The molecule has 38 heavy (non-hydrogen) atoms. The summed E-state index contributed by atoms with van der Waals surface area (Å²) in [5.74, 6) is 0. The first-order valence-corrected chi connectivity index (χ1v) is 13.0. The van der Waals surface area contributed by atoms with Crippen molar-refractivity contribution in [3.05, 3.63) is 112 Å². The van der Waals surface area contributed by atoms with Crippen LogP contribution in [0.15, 0.2) is 90.4 Å². The standard InChI is InChI=1S/C28H22ClF3N4OS/c29-21-12-10-20(11-13-21)25-17-36-22(18-38-27(36)34-25)14-15-35(16-19-6-2-1-3-7-19)26(37)33-24-9-5-4-8-23(24)28(30,31)32/h1-13,17-18H,14-16H2,(H,33,37). The minimum Gasteiger partial charge on any atom is -0.320 e. The molecule has 0 unspecified atom stereocenters. The van der Waals surface area contributed by atoms with Gasteiger partial charge in [0.1, 0.15) is 0 Å². The molecule has 2 aromatic heterocycles. The monoisotopic (exact) mass is 554 g/mol. The fourth-order valence-corrected chi connectivity index (χ4v) is 5.14. The molecule has 2 amide bonds. The number of carbonyl (C=O) groups is 1. The van der Waals surface area contributed by atoms with Gasteiger partial charge in [0.2, 0.25) is 0 Å². The summed E-state index contributed by atoms with van der Waals surface area (Å²) in [6.45, 7) is 0.531. The molecule has 194 valence electrons. The summed E-state index contributed by atoms with van der Waals surface area (Å²) < 4.78 is 42.5. The van der Waals surface area contributed by atoms with Crippen LogP contribution in [0.4, 0.5) is 23.7 Å². The number of nitrogens with one attached hydrogen (secondary N) is 1. The fourth-order valence-electron chi connectivity index (χ4n) is 4.11. The molecule has 0 bridgehead atoms. The zero-order valence-corrected chi connectivity index (χ0v) is 21.5. The van der Waals surface area contributed by atoms with Crippen molar-refractivity contribution in [1.82, 2.24) is 14.3 Å². The summed E-state index contributed by atoms with van der Waals surface area (Å²) in [7, 11) is 0. The van der Waals surface area contributed by atoms with Crippen molar-refractivity contribution in [3.63, 3.8) is 0 Å². The number of nitrogens with zero attached hydrogens (tertiary/aromatic N) is 3. The second-order valence-electron chi connectivity index (χ2n) is 8.64. The Hall–Kier alpha value is -3.82. The van der Waals surface area contributed by atoms with E-state index in [1.54, 1.807) is 0 Å². The van der Waals surface area contributed by atoms with Crippen LogP contribution in [0.1, 0.15) is 16.8 Å². The van der Waals surface area contributed by atoms with Crippen molar-refractivity contribution in [2.24, 2.45) is 0 Å². The van der Waals surface area contributed by atoms with Gasteiger partial charge in [-0.1, -0.05) is 66.2 Å². The average Bonchev–Trinajstić information content (AvgIpc) is 3.49. The summed E-state index contributed by atoms with van der Waals surface area (Å²) in [6.07, 6.45) is -2.16. The highest BCUT2D eigenvalue weighted by Gasteiger charge is 2.34. The number of carbonyl (C=O) groups excluding carboxylic acids is 1. The lowest BCUT2D eigenvalue weighted by molar-refractivity contribution is -0.136. The van der Waals surface area contributed by atoms with E-state index >= 15 is 0 Å². The van der Waals surface area contributed by atoms with E-state index in [-0.39, 0.29) is 18.8 Å². The fraction of sp³-hybridized carbons (Fsp3) is 0.143. The maximum absolute atomic E-state index is 13.5. The van der Waals surface area contributed by atoms with Gasteiger partial charge in [-0.25, -0.2) is 9.78 Å². The van der Waals surface area contributed by atoms with E-state index in [0.717, 1.165) is 33.5 Å². The van der Waals surface area contributed by atoms with Crippen LogP contribution in [0.5, 0.6) is 0 Å². The molecule has 0 saturated heterocycles. The number of para-hydroxylation sites is 1. The van der Waals surface area contributed by atoms with Gasteiger partial charge in [-0.15, -0.1) is 11.3 Å². The van der Waals surface area contributed by atoms with Gasteiger partial charge in [-0.2, -0.15) is 13.2 Å². The van der Waals surface area contributed by atoms with Crippen molar-refractivity contribution in [3.8, 4) is 11.3 Å². The molecule has 2 heterocycles. The number of hydrogen-bond donors (Lipinski definition) is 1. The second-order valence-corrected chi connectivity index (χ2v) is 9.92. The van der Waals surface area contributed by atoms with Crippen LogP contribution in [0, 0.1) is 0 Å². The van der Waals surface area contributed by atoms with E-state index in [2.05, 4.69) is 5.32 Å². The first-order valence-electron chi connectivity index (χ1n) is 11.8. The molecule has 0 fully saturated rings. The summed E-state index contributed by atoms with van der Waals surface area (Å²) in [6, 6.07) is 21.1. The molecule has 10 heteroatoms. The third-order valence-electron chi connectivity index (χ3n) is 6.04. The Labute approximate surface area is 226 Å². The predicted octanol–water partition coefficient (Wildman–Crippen LogP) is 8.01. The lowest BCUT2D eigenvalue weighted by Gasteiger charge is -2.24. The highest BCUT2D eigenvalue weighted by molar-refractivity contribution is 7.15. The number of amides is 2. The number of anilines is 1. The molecule has 0 radical (unpaired) electrons. The number of hydrogen-bond acceptors (Lipinski definition) is 3. The van der Waals surface area contributed by atoms with Gasteiger partial charge in [0.15, 0.2) is 4.96 Å². The normalized spacial score (nSPS) is 11.6. The van der Waals surface area contributed by atoms with Crippen LogP contribution >= 0.6 is 22.9 Å². The lowest BCUT2D eigenvalue weighted by Crippen LogP contribution is -2.36. The van der Waals surface area contributed by atoms with Gasteiger partial charge in [0.05, 0.1) is 16.9 Å². The van der Waals surface area contributed by atoms with Gasteiger partial charge in [-0.3, -0.25) is 4.40 Å².